The molecule has 4 N–H and O–H groups in total. The zero-order chi connectivity index (χ0) is 13.9. The third-order valence-electron chi connectivity index (χ3n) is 4.37. The van der Waals surface area contributed by atoms with E-state index in [4.69, 9.17) is 5.73 Å². The van der Waals surface area contributed by atoms with Crippen molar-refractivity contribution < 1.29 is 4.79 Å². The molecule has 0 saturated heterocycles. The zero-order valence-corrected chi connectivity index (χ0v) is 11.6. The van der Waals surface area contributed by atoms with Gasteiger partial charge in [-0.15, -0.1) is 0 Å². The Morgan fingerprint density at radius 2 is 2.05 bits per heavy atom. The fourth-order valence-corrected chi connectivity index (χ4v) is 3.04. The van der Waals surface area contributed by atoms with Gasteiger partial charge in [-0.1, -0.05) is 0 Å². The van der Waals surface area contributed by atoms with Crippen LogP contribution in [0.25, 0.3) is 10.9 Å². The van der Waals surface area contributed by atoms with Crippen LogP contribution < -0.4 is 11.1 Å². The Morgan fingerprint density at radius 1 is 1.25 bits per heavy atom. The molecule has 4 nitrogen and oxygen atoms in total. The zero-order valence-electron chi connectivity index (χ0n) is 11.6. The lowest BCUT2D eigenvalue weighted by Crippen LogP contribution is -2.29. The van der Waals surface area contributed by atoms with Crippen molar-refractivity contribution in [1.82, 2.24) is 4.98 Å². The maximum atomic E-state index is 12.3. The smallest absolute Gasteiger partial charge is 0.227 e. The molecule has 0 radical (unpaired) electrons. The van der Waals surface area contributed by atoms with Crippen LogP contribution in [0.1, 0.15) is 25.7 Å². The van der Waals surface area contributed by atoms with Crippen molar-refractivity contribution in [3.63, 3.8) is 0 Å². The van der Waals surface area contributed by atoms with E-state index >= 15 is 0 Å². The van der Waals surface area contributed by atoms with Crippen molar-refractivity contribution in [2.24, 2.45) is 17.6 Å². The molecule has 1 aromatic heterocycles. The maximum Gasteiger partial charge on any atom is 0.227 e. The molecule has 1 heterocycles. The number of nitrogens with one attached hydrogen (secondary N) is 2. The number of aromatic amines is 1. The highest BCUT2D eigenvalue weighted by molar-refractivity contribution is 5.95. The second kappa shape index (κ2) is 5.67. The summed E-state index contributed by atoms with van der Waals surface area (Å²) in [5.74, 6) is 0.894. The number of fused-ring (bicyclic) bond motifs is 1. The van der Waals surface area contributed by atoms with E-state index in [9.17, 15) is 4.79 Å². The number of hydrogen-bond acceptors (Lipinski definition) is 2. The molecule has 0 aliphatic heterocycles. The van der Waals surface area contributed by atoms with Gasteiger partial charge in [0.05, 0.1) is 0 Å². The van der Waals surface area contributed by atoms with E-state index in [2.05, 4.69) is 10.3 Å². The van der Waals surface area contributed by atoms with E-state index < -0.39 is 0 Å². The number of aromatic nitrogens is 1. The summed E-state index contributed by atoms with van der Waals surface area (Å²) >= 11 is 0. The van der Waals surface area contributed by atoms with Crippen LogP contribution >= 0.6 is 0 Å². The molecule has 1 amide bonds. The van der Waals surface area contributed by atoms with E-state index in [0.29, 0.717) is 5.92 Å². The van der Waals surface area contributed by atoms with Crippen LogP contribution in [0.2, 0.25) is 0 Å². The van der Waals surface area contributed by atoms with Crippen LogP contribution in [-0.4, -0.2) is 17.4 Å². The van der Waals surface area contributed by atoms with Crippen LogP contribution in [0.4, 0.5) is 5.69 Å². The Bertz CT molecular complexity index is 597. The average molecular weight is 271 g/mol. The highest BCUT2D eigenvalue weighted by atomic mass is 16.1. The summed E-state index contributed by atoms with van der Waals surface area (Å²) in [4.78, 5) is 15.4. The number of hydrogen-bond donors (Lipinski definition) is 3. The number of amides is 1. The van der Waals surface area contributed by atoms with Crippen molar-refractivity contribution in [1.29, 1.82) is 0 Å². The highest BCUT2D eigenvalue weighted by Crippen LogP contribution is 2.29. The molecule has 0 atom stereocenters. The minimum Gasteiger partial charge on any atom is -0.361 e. The van der Waals surface area contributed by atoms with E-state index in [-0.39, 0.29) is 11.8 Å². The molecule has 1 fully saturated rings. The molecule has 1 aromatic carbocycles. The average Bonchev–Trinajstić information content (AvgIpc) is 2.95. The first-order chi connectivity index (χ1) is 9.76. The number of benzene rings is 1. The Balaban J connectivity index is 1.63. The fraction of sp³-hybridized carbons (Fsp3) is 0.438. The van der Waals surface area contributed by atoms with E-state index in [1.807, 2.05) is 30.5 Å². The standard InChI is InChI=1S/C16H21N3O/c17-10-11-1-3-12(4-2-11)16(20)19-14-5-6-15-13(9-14)7-8-18-15/h5-9,11-12,18H,1-4,10,17H2,(H,19,20). The van der Waals surface area contributed by atoms with Gasteiger partial charge in [0.25, 0.3) is 0 Å². The number of carbonyl (C=O) groups is 1. The third-order valence-corrected chi connectivity index (χ3v) is 4.37. The molecule has 106 valence electrons. The molecule has 4 heteroatoms. The van der Waals surface area contributed by atoms with E-state index in [1.165, 1.54) is 0 Å². The number of H-pyrrole nitrogens is 1. The van der Waals surface area contributed by atoms with Crippen LogP contribution in [0, 0.1) is 11.8 Å². The van der Waals surface area contributed by atoms with Crippen LogP contribution in [-0.2, 0) is 4.79 Å². The Kier molecular flexibility index (Phi) is 3.74. The second-order valence-electron chi connectivity index (χ2n) is 5.72. The molecule has 20 heavy (non-hydrogen) atoms. The lowest BCUT2D eigenvalue weighted by molar-refractivity contribution is -0.121. The van der Waals surface area contributed by atoms with Crippen molar-refractivity contribution in [3.05, 3.63) is 30.5 Å². The number of carbonyl (C=O) groups excluding carboxylic acids is 1. The predicted octanol–water partition coefficient (Wildman–Crippen LogP) is 2.87. The van der Waals surface area contributed by atoms with Gasteiger partial charge in [0.15, 0.2) is 0 Å². The van der Waals surface area contributed by atoms with Gasteiger partial charge >= 0.3 is 0 Å². The van der Waals surface area contributed by atoms with Gasteiger partial charge < -0.3 is 16.0 Å². The minimum atomic E-state index is 0.139. The van der Waals surface area contributed by atoms with Gasteiger partial charge in [0, 0.05) is 28.7 Å². The Morgan fingerprint density at radius 3 is 2.80 bits per heavy atom. The Labute approximate surface area is 118 Å². The summed E-state index contributed by atoms with van der Waals surface area (Å²) in [6, 6.07) is 7.96. The van der Waals surface area contributed by atoms with Crippen LogP contribution in [0.3, 0.4) is 0 Å². The van der Waals surface area contributed by atoms with Crippen LogP contribution in [0.5, 0.6) is 0 Å². The summed E-state index contributed by atoms with van der Waals surface area (Å²) < 4.78 is 0. The van der Waals surface area contributed by atoms with E-state index in [1.54, 1.807) is 0 Å². The van der Waals surface area contributed by atoms with Crippen molar-refractivity contribution in [2.75, 3.05) is 11.9 Å². The normalized spacial score (nSPS) is 22.9. The maximum absolute atomic E-state index is 12.3. The van der Waals surface area contributed by atoms with Crippen molar-refractivity contribution in [3.8, 4) is 0 Å². The van der Waals surface area contributed by atoms with E-state index in [0.717, 1.165) is 48.8 Å². The van der Waals surface area contributed by atoms with Gasteiger partial charge in [0.1, 0.15) is 0 Å². The molecule has 1 aliphatic carbocycles. The summed E-state index contributed by atoms with van der Waals surface area (Å²) in [5, 5.41) is 4.16. The topological polar surface area (TPSA) is 70.9 Å². The molecular weight excluding hydrogens is 250 g/mol. The SMILES string of the molecule is NCC1CCC(C(=O)Nc2ccc3[nH]ccc3c2)CC1. The molecule has 0 unspecified atom stereocenters. The van der Waals surface area contributed by atoms with Crippen LogP contribution in [0.15, 0.2) is 30.5 Å². The summed E-state index contributed by atoms with van der Waals surface area (Å²) in [7, 11) is 0. The molecular formula is C16H21N3O. The third kappa shape index (κ3) is 2.70. The largest absolute Gasteiger partial charge is 0.361 e. The lowest BCUT2D eigenvalue weighted by atomic mass is 9.81. The first-order valence-corrected chi connectivity index (χ1v) is 7.34. The molecule has 0 bridgehead atoms. The monoisotopic (exact) mass is 271 g/mol. The number of anilines is 1. The fourth-order valence-electron chi connectivity index (χ4n) is 3.04. The predicted molar refractivity (Wildman–Crippen MR) is 81.4 cm³/mol. The summed E-state index contributed by atoms with van der Waals surface area (Å²) in [6.07, 6.45) is 5.97. The Hall–Kier alpha value is -1.81. The van der Waals surface area contributed by atoms with Gasteiger partial charge in [-0.3, -0.25) is 4.79 Å². The molecule has 0 spiro atoms. The molecule has 2 aromatic rings. The number of nitrogens with two attached hydrogens (primary N) is 1. The second-order valence-corrected chi connectivity index (χ2v) is 5.72. The van der Waals surface area contributed by atoms with Crippen molar-refractivity contribution >= 4 is 22.5 Å². The summed E-state index contributed by atoms with van der Waals surface area (Å²) in [5.41, 5.74) is 7.65. The number of rotatable bonds is 3. The quantitative estimate of drug-likeness (QED) is 0.803. The van der Waals surface area contributed by atoms with Gasteiger partial charge in [-0.05, 0) is 62.4 Å². The summed E-state index contributed by atoms with van der Waals surface area (Å²) in [6.45, 7) is 0.749. The molecule has 1 aliphatic rings. The van der Waals surface area contributed by atoms with Gasteiger partial charge in [-0.25, -0.2) is 0 Å². The minimum absolute atomic E-state index is 0.139. The molecule has 3 rings (SSSR count). The highest BCUT2D eigenvalue weighted by Gasteiger charge is 2.25. The first kappa shape index (κ1) is 13.2. The van der Waals surface area contributed by atoms with Crippen molar-refractivity contribution in [2.45, 2.75) is 25.7 Å². The molecule has 1 saturated carbocycles. The first-order valence-electron chi connectivity index (χ1n) is 7.34. The van der Waals surface area contributed by atoms with Gasteiger partial charge in [-0.2, -0.15) is 0 Å². The van der Waals surface area contributed by atoms with Gasteiger partial charge in [0.2, 0.25) is 5.91 Å². The lowest BCUT2D eigenvalue weighted by Gasteiger charge is -2.26.